The van der Waals surface area contributed by atoms with Gasteiger partial charge in [-0.25, -0.2) is 0 Å². The van der Waals surface area contributed by atoms with Crippen LogP contribution in [0.25, 0.3) is 6.08 Å². The molecule has 1 amide bonds. The lowest BCUT2D eigenvalue weighted by Gasteiger charge is -2.39. The summed E-state index contributed by atoms with van der Waals surface area (Å²) in [6.45, 7) is -0.256. The van der Waals surface area contributed by atoms with Crippen molar-refractivity contribution < 1.29 is 49.6 Å². The molecule has 1 aliphatic heterocycles. The molecule has 7 N–H and O–H groups in total. The highest BCUT2D eigenvalue weighted by Gasteiger charge is 2.44. The molecule has 1 fully saturated rings. The number of ether oxygens (including phenoxy) is 3. The molecule has 5 atom stereocenters. The lowest BCUT2D eigenvalue weighted by Crippen LogP contribution is -2.60. The molecule has 1 heterocycles. The zero-order valence-electron chi connectivity index (χ0n) is 18.9. The largest absolute Gasteiger partial charge is 0.504 e. The van der Waals surface area contributed by atoms with E-state index >= 15 is 0 Å². The zero-order chi connectivity index (χ0) is 25.5. The summed E-state index contributed by atoms with van der Waals surface area (Å²) < 4.78 is 16.3. The second kappa shape index (κ2) is 11.9. The van der Waals surface area contributed by atoms with Crippen molar-refractivity contribution in [1.82, 2.24) is 5.32 Å². The third-order valence-electron chi connectivity index (χ3n) is 5.46. The van der Waals surface area contributed by atoms with Crippen molar-refractivity contribution in [2.75, 3.05) is 20.3 Å². The SMILES string of the molecule is COc1cc(/C=C/C(=O)NCCc2ccc(O)c(O)c2)ccc1O[C@@H]1O[C@H](CO)[C@H](O)[C@H](O)[C@H]1O. The van der Waals surface area contributed by atoms with Crippen LogP contribution in [0.3, 0.4) is 0 Å². The molecule has 11 heteroatoms. The number of hydrogen-bond donors (Lipinski definition) is 7. The number of carbonyl (C=O) groups excluding carboxylic acids is 1. The maximum Gasteiger partial charge on any atom is 0.244 e. The number of hydrogen-bond acceptors (Lipinski definition) is 10. The van der Waals surface area contributed by atoms with Crippen molar-refractivity contribution in [3.63, 3.8) is 0 Å². The molecule has 1 saturated heterocycles. The van der Waals surface area contributed by atoms with Crippen LogP contribution in [0.4, 0.5) is 0 Å². The fraction of sp³-hybridized carbons (Fsp3) is 0.375. The van der Waals surface area contributed by atoms with Gasteiger partial charge in [0.2, 0.25) is 12.2 Å². The van der Waals surface area contributed by atoms with Crippen molar-refractivity contribution in [1.29, 1.82) is 0 Å². The van der Waals surface area contributed by atoms with Crippen LogP contribution in [0.2, 0.25) is 0 Å². The molecule has 35 heavy (non-hydrogen) atoms. The van der Waals surface area contributed by atoms with E-state index in [4.69, 9.17) is 14.2 Å². The van der Waals surface area contributed by atoms with Crippen LogP contribution in [0.1, 0.15) is 11.1 Å². The van der Waals surface area contributed by atoms with Crippen molar-refractivity contribution in [2.24, 2.45) is 0 Å². The minimum atomic E-state index is -1.57. The molecular formula is C24H29NO10. The van der Waals surface area contributed by atoms with Crippen LogP contribution < -0.4 is 14.8 Å². The standard InChI is InChI=1S/C24H29NO10/c1-33-18-11-13(4-7-20(29)25-9-8-14-2-5-15(27)16(28)10-14)3-6-17(18)34-24-23(32)22(31)21(30)19(12-26)35-24/h2-7,10-11,19,21-24,26-28,30-32H,8-9,12H2,1H3,(H,25,29)/b7-4+/t19-,21+,22+,23-,24-/m1/s1. The summed E-state index contributed by atoms with van der Waals surface area (Å²) in [4.78, 5) is 12.1. The Morgan fingerprint density at radius 3 is 2.49 bits per heavy atom. The number of nitrogens with one attached hydrogen (secondary N) is 1. The Bertz CT molecular complexity index is 1040. The third-order valence-corrected chi connectivity index (χ3v) is 5.46. The number of amides is 1. The normalized spacial score (nSPS) is 24.3. The number of aliphatic hydroxyl groups is 4. The number of carbonyl (C=O) groups is 1. The molecule has 2 aromatic carbocycles. The molecule has 0 spiro atoms. The molecule has 11 nitrogen and oxygen atoms in total. The summed E-state index contributed by atoms with van der Waals surface area (Å²) >= 11 is 0. The summed E-state index contributed by atoms with van der Waals surface area (Å²) in [6, 6.07) is 9.20. The van der Waals surface area contributed by atoms with Gasteiger partial charge in [-0.2, -0.15) is 0 Å². The van der Waals surface area contributed by atoms with E-state index < -0.39 is 37.3 Å². The van der Waals surface area contributed by atoms with Crippen molar-refractivity contribution in [3.8, 4) is 23.0 Å². The molecule has 0 unspecified atom stereocenters. The van der Waals surface area contributed by atoms with E-state index in [1.807, 2.05) is 0 Å². The smallest absolute Gasteiger partial charge is 0.244 e. The number of methoxy groups -OCH3 is 1. The number of phenols is 2. The first kappa shape index (κ1) is 26.3. The predicted molar refractivity (Wildman–Crippen MR) is 123 cm³/mol. The molecule has 1 aliphatic rings. The van der Waals surface area contributed by atoms with Gasteiger partial charge >= 0.3 is 0 Å². The molecule has 0 saturated carbocycles. The van der Waals surface area contributed by atoms with Gasteiger partial charge in [0.05, 0.1) is 13.7 Å². The molecule has 0 aliphatic carbocycles. The zero-order valence-corrected chi connectivity index (χ0v) is 18.9. The minimum absolute atomic E-state index is 0.176. The Hall–Kier alpha value is -3.35. The van der Waals surface area contributed by atoms with E-state index in [1.165, 1.54) is 31.4 Å². The third kappa shape index (κ3) is 6.62. The monoisotopic (exact) mass is 491 g/mol. The summed E-state index contributed by atoms with van der Waals surface area (Å²) in [5.74, 6) is -0.330. The number of aliphatic hydroxyl groups excluding tert-OH is 4. The number of rotatable bonds is 9. The minimum Gasteiger partial charge on any atom is -0.504 e. The summed E-state index contributed by atoms with van der Waals surface area (Å²) in [6.07, 6.45) is -3.74. The van der Waals surface area contributed by atoms with Crippen LogP contribution in [0.15, 0.2) is 42.5 Å². The Morgan fingerprint density at radius 2 is 1.80 bits per heavy atom. The Morgan fingerprint density at radius 1 is 1.03 bits per heavy atom. The highest BCUT2D eigenvalue weighted by Crippen LogP contribution is 2.32. The Balaban J connectivity index is 1.58. The van der Waals surface area contributed by atoms with Crippen molar-refractivity contribution in [2.45, 2.75) is 37.1 Å². The van der Waals surface area contributed by atoms with Crippen LogP contribution in [-0.4, -0.2) is 87.5 Å². The van der Waals surface area contributed by atoms with Gasteiger partial charge in [0.25, 0.3) is 0 Å². The van der Waals surface area contributed by atoms with E-state index in [0.717, 1.165) is 5.56 Å². The van der Waals surface area contributed by atoms with E-state index in [-0.39, 0.29) is 28.9 Å². The van der Waals surface area contributed by atoms with Gasteiger partial charge in [0.15, 0.2) is 23.0 Å². The highest BCUT2D eigenvalue weighted by atomic mass is 16.7. The molecule has 2 aromatic rings. The van der Waals surface area contributed by atoms with Crippen LogP contribution in [0, 0.1) is 0 Å². The van der Waals surface area contributed by atoms with Gasteiger partial charge in [-0.3, -0.25) is 4.79 Å². The van der Waals surface area contributed by atoms with E-state index in [1.54, 1.807) is 24.3 Å². The number of benzene rings is 2. The first-order chi connectivity index (χ1) is 16.7. The fourth-order valence-corrected chi connectivity index (χ4v) is 3.46. The van der Waals surface area contributed by atoms with Gasteiger partial charge in [-0.15, -0.1) is 0 Å². The second-order valence-corrected chi connectivity index (χ2v) is 7.92. The highest BCUT2D eigenvalue weighted by molar-refractivity contribution is 5.91. The van der Waals surface area contributed by atoms with Gasteiger partial charge in [-0.05, 0) is 47.9 Å². The fourth-order valence-electron chi connectivity index (χ4n) is 3.46. The van der Waals surface area contributed by atoms with Crippen LogP contribution in [0.5, 0.6) is 23.0 Å². The molecular weight excluding hydrogens is 462 g/mol. The van der Waals surface area contributed by atoms with Gasteiger partial charge in [0, 0.05) is 12.6 Å². The van der Waals surface area contributed by atoms with E-state index in [9.17, 15) is 35.4 Å². The first-order valence-electron chi connectivity index (χ1n) is 10.9. The lowest BCUT2D eigenvalue weighted by atomic mass is 9.99. The predicted octanol–water partition coefficient (Wildman–Crippen LogP) is -0.343. The van der Waals surface area contributed by atoms with Crippen molar-refractivity contribution in [3.05, 3.63) is 53.6 Å². The molecule has 0 aromatic heterocycles. The van der Waals surface area contributed by atoms with Gasteiger partial charge in [0.1, 0.15) is 24.4 Å². The second-order valence-electron chi connectivity index (χ2n) is 7.92. The molecule has 0 radical (unpaired) electrons. The lowest BCUT2D eigenvalue weighted by molar-refractivity contribution is -0.277. The molecule has 190 valence electrons. The first-order valence-corrected chi connectivity index (χ1v) is 10.9. The number of phenolic OH excluding ortho intramolecular Hbond substituents is 2. The van der Waals surface area contributed by atoms with E-state index in [0.29, 0.717) is 18.5 Å². The topological polar surface area (TPSA) is 178 Å². The maximum absolute atomic E-state index is 12.1. The van der Waals surface area contributed by atoms with E-state index in [2.05, 4.69) is 5.32 Å². The Labute approximate surface area is 201 Å². The van der Waals surface area contributed by atoms with Crippen LogP contribution >= 0.6 is 0 Å². The Kier molecular flexibility index (Phi) is 8.90. The summed E-state index contributed by atoms with van der Waals surface area (Å²) in [5.41, 5.74) is 1.37. The summed E-state index contributed by atoms with van der Waals surface area (Å²) in [7, 11) is 1.40. The molecule has 3 rings (SSSR count). The average molecular weight is 491 g/mol. The quantitative estimate of drug-likeness (QED) is 0.181. The van der Waals surface area contributed by atoms with Gasteiger partial charge in [-0.1, -0.05) is 12.1 Å². The van der Waals surface area contributed by atoms with Crippen molar-refractivity contribution >= 4 is 12.0 Å². The van der Waals surface area contributed by atoms with Crippen LogP contribution in [-0.2, 0) is 16.0 Å². The number of aromatic hydroxyl groups is 2. The molecule has 0 bridgehead atoms. The maximum atomic E-state index is 12.1. The summed E-state index contributed by atoms with van der Waals surface area (Å²) in [5, 5.41) is 60.8. The average Bonchev–Trinajstić information content (AvgIpc) is 2.85. The van der Waals surface area contributed by atoms with Gasteiger partial charge < -0.3 is 50.2 Å².